The molecule has 2 aromatic carbocycles. The minimum Gasteiger partial charge on any atom is -0.503 e. The van der Waals surface area contributed by atoms with E-state index in [-0.39, 0.29) is 11.8 Å². The Labute approximate surface area is 182 Å². The molecule has 3 rings (SSSR count). The smallest absolute Gasteiger partial charge is 0.408 e. The Balaban J connectivity index is 1.71. The van der Waals surface area contributed by atoms with Gasteiger partial charge in [-0.3, -0.25) is 0 Å². The molecule has 0 spiro atoms. The van der Waals surface area contributed by atoms with Gasteiger partial charge in [-0.15, -0.1) is 0 Å². The highest BCUT2D eigenvalue weighted by molar-refractivity contribution is 5.74. The normalized spacial score (nSPS) is 12.2. The lowest BCUT2D eigenvalue weighted by atomic mass is 10.1. The number of benzene rings is 2. The molecule has 1 aromatic heterocycles. The van der Waals surface area contributed by atoms with Crippen LogP contribution in [0.15, 0.2) is 54.9 Å². The van der Waals surface area contributed by atoms with Gasteiger partial charge in [-0.05, 0) is 52.3 Å². The number of nitrogens with zero attached hydrogens (tertiary/aromatic N) is 2. The third-order valence-electron chi connectivity index (χ3n) is 4.55. The molecule has 0 fully saturated rings. The third kappa shape index (κ3) is 5.94. The summed E-state index contributed by atoms with van der Waals surface area (Å²) in [5.41, 5.74) is 3.52. The number of carbonyl (C=O) groups is 1. The second-order valence-electron chi connectivity index (χ2n) is 8.40. The van der Waals surface area contributed by atoms with E-state index in [1.165, 1.54) is 6.33 Å². The maximum Gasteiger partial charge on any atom is 0.408 e. The van der Waals surface area contributed by atoms with E-state index in [2.05, 4.69) is 20.6 Å². The molecule has 162 valence electrons. The summed E-state index contributed by atoms with van der Waals surface area (Å²) in [6.07, 6.45) is 0.954. The first-order chi connectivity index (χ1) is 14.6. The van der Waals surface area contributed by atoms with Crippen LogP contribution in [-0.4, -0.2) is 26.8 Å². The summed E-state index contributed by atoms with van der Waals surface area (Å²) in [5.74, 6) is 0.300. The molecular formula is C24H28N4O3. The van der Waals surface area contributed by atoms with E-state index < -0.39 is 11.7 Å². The van der Waals surface area contributed by atoms with Gasteiger partial charge in [0.1, 0.15) is 17.6 Å². The van der Waals surface area contributed by atoms with Gasteiger partial charge >= 0.3 is 6.09 Å². The number of aromatic hydroxyl groups is 1. The average molecular weight is 421 g/mol. The summed E-state index contributed by atoms with van der Waals surface area (Å²) in [6, 6.07) is 15.0. The molecule has 0 saturated carbocycles. The number of aryl methyl sites for hydroxylation is 1. The zero-order valence-corrected chi connectivity index (χ0v) is 18.4. The number of hydrogen-bond acceptors (Lipinski definition) is 6. The Morgan fingerprint density at radius 1 is 1.03 bits per heavy atom. The molecule has 0 saturated heterocycles. The number of rotatable bonds is 5. The molecule has 3 aromatic rings. The Hall–Kier alpha value is -3.61. The molecule has 0 bridgehead atoms. The second-order valence-corrected chi connectivity index (χ2v) is 8.40. The Morgan fingerprint density at radius 3 is 2.29 bits per heavy atom. The van der Waals surface area contributed by atoms with Crippen molar-refractivity contribution in [3.05, 3.63) is 66.0 Å². The van der Waals surface area contributed by atoms with Gasteiger partial charge in [0, 0.05) is 11.3 Å². The van der Waals surface area contributed by atoms with E-state index in [0.29, 0.717) is 11.5 Å². The van der Waals surface area contributed by atoms with Crippen LogP contribution in [0.3, 0.4) is 0 Å². The van der Waals surface area contributed by atoms with Gasteiger partial charge in [0.05, 0.1) is 6.04 Å². The number of ether oxygens (including phenoxy) is 1. The summed E-state index contributed by atoms with van der Waals surface area (Å²) in [7, 11) is 0. The van der Waals surface area contributed by atoms with Crippen molar-refractivity contribution in [3.8, 4) is 17.0 Å². The van der Waals surface area contributed by atoms with Crippen LogP contribution < -0.4 is 10.6 Å². The van der Waals surface area contributed by atoms with Crippen molar-refractivity contribution in [1.29, 1.82) is 0 Å². The maximum absolute atomic E-state index is 12.0. The standard InChI is InChI=1S/C24H28N4O3/c1-15-6-8-18(9-7-15)20-21(29)22(26-14-25-20)28-19-12-10-17(11-13-19)16(2)27-23(30)31-24(3,4)5/h6-14,16,29H,1-5H3,(H,27,30)(H,25,26,28)/t16-/m0/s1. The molecule has 7 heteroatoms. The van der Waals surface area contributed by atoms with Crippen LogP contribution >= 0.6 is 0 Å². The lowest BCUT2D eigenvalue weighted by molar-refractivity contribution is 0.0508. The largest absolute Gasteiger partial charge is 0.503 e. The summed E-state index contributed by atoms with van der Waals surface area (Å²) >= 11 is 0. The molecule has 0 radical (unpaired) electrons. The van der Waals surface area contributed by atoms with Gasteiger partial charge < -0.3 is 20.5 Å². The fourth-order valence-electron chi connectivity index (χ4n) is 2.95. The molecule has 0 unspecified atom stereocenters. The molecule has 1 heterocycles. The molecule has 0 aliphatic carbocycles. The van der Waals surface area contributed by atoms with Gasteiger partial charge in [-0.2, -0.15) is 0 Å². The van der Waals surface area contributed by atoms with Crippen molar-refractivity contribution in [2.75, 3.05) is 5.32 Å². The van der Waals surface area contributed by atoms with Crippen molar-refractivity contribution in [2.45, 2.75) is 46.3 Å². The van der Waals surface area contributed by atoms with Crippen molar-refractivity contribution in [1.82, 2.24) is 15.3 Å². The lowest BCUT2D eigenvalue weighted by Gasteiger charge is -2.22. The molecule has 3 N–H and O–H groups in total. The van der Waals surface area contributed by atoms with E-state index in [9.17, 15) is 9.90 Å². The fourth-order valence-corrected chi connectivity index (χ4v) is 2.95. The van der Waals surface area contributed by atoms with E-state index in [1.54, 1.807) is 0 Å². The molecular weight excluding hydrogens is 392 g/mol. The minimum atomic E-state index is -0.547. The van der Waals surface area contributed by atoms with Gasteiger partial charge in [-0.25, -0.2) is 14.8 Å². The van der Waals surface area contributed by atoms with Crippen molar-refractivity contribution >= 4 is 17.6 Å². The Bertz CT molecular complexity index is 1040. The molecule has 0 aliphatic heterocycles. The summed E-state index contributed by atoms with van der Waals surface area (Å²) < 4.78 is 5.30. The van der Waals surface area contributed by atoms with Crippen LogP contribution in [0.4, 0.5) is 16.3 Å². The zero-order valence-electron chi connectivity index (χ0n) is 18.4. The number of amides is 1. The topological polar surface area (TPSA) is 96.4 Å². The number of hydrogen-bond donors (Lipinski definition) is 3. The first-order valence-electron chi connectivity index (χ1n) is 10.1. The first kappa shape index (κ1) is 22.1. The van der Waals surface area contributed by atoms with Crippen LogP contribution in [0, 0.1) is 6.92 Å². The van der Waals surface area contributed by atoms with Crippen LogP contribution in [0.5, 0.6) is 5.75 Å². The maximum atomic E-state index is 12.0. The lowest BCUT2D eigenvalue weighted by Crippen LogP contribution is -2.34. The average Bonchev–Trinajstić information content (AvgIpc) is 2.69. The van der Waals surface area contributed by atoms with E-state index >= 15 is 0 Å². The van der Waals surface area contributed by atoms with Crippen LogP contribution in [0.25, 0.3) is 11.3 Å². The third-order valence-corrected chi connectivity index (χ3v) is 4.55. The molecule has 1 atom stereocenters. The monoisotopic (exact) mass is 420 g/mol. The summed E-state index contributed by atoms with van der Waals surface area (Å²) in [6.45, 7) is 9.36. The van der Waals surface area contributed by atoms with Crippen LogP contribution in [-0.2, 0) is 4.74 Å². The molecule has 1 amide bonds. The van der Waals surface area contributed by atoms with Gasteiger partial charge in [-0.1, -0.05) is 42.0 Å². The summed E-state index contributed by atoms with van der Waals surface area (Å²) in [5, 5.41) is 16.6. The Morgan fingerprint density at radius 2 is 1.68 bits per heavy atom. The minimum absolute atomic E-state index is 0.0182. The fraction of sp³-hybridized carbons (Fsp3) is 0.292. The van der Waals surface area contributed by atoms with Crippen molar-refractivity contribution < 1.29 is 14.6 Å². The van der Waals surface area contributed by atoms with E-state index in [1.807, 2.05) is 83.1 Å². The van der Waals surface area contributed by atoms with Gasteiger partial charge in [0.2, 0.25) is 0 Å². The van der Waals surface area contributed by atoms with Crippen molar-refractivity contribution in [3.63, 3.8) is 0 Å². The highest BCUT2D eigenvalue weighted by atomic mass is 16.6. The highest BCUT2D eigenvalue weighted by Crippen LogP contribution is 2.33. The second kappa shape index (κ2) is 9.04. The number of carbonyl (C=O) groups excluding carboxylic acids is 1. The predicted octanol–water partition coefficient (Wildman–Crippen LogP) is 5.49. The number of nitrogens with one attached hydrogen (secondary N) is 2. The SMILES string of the molecule is Cc1ccc(-c2ncnc(Nc3ccc([C@H](C)NC(=O)OC(C)(C)C)cc3)c2O)cc1. The quantitative estimate of drug-likeness (QED) is 0.505. The van der Waals surface area contributed by atoms with E-state index in [4.69, 9.17) is 4.74 Å². The first-order valence-corrected chi connectivity index (χ1v) is 10.1. The zero-order chi connectivity index (χ0) is 22.6. The molecule has 0 aliphatic rings. The van der Waals surface area contributed by atoms with E-state index in [0.717, 1.165) is 22.4 Å². The van der Waals surface area contributed by atoms with Gasteiger partial charge in [0.25, 0.3) is 0 Å². The number of aromatic nitrogens is 2. The Kier molecular flexibility index (Phi) is 6.44. The summed E-state index contributed by atoms with van der Waals surface area (Å²) in [4.78, 5) is 20.3. The predicted molar refractivity (Wildman–Crippen MR) is 121 cm³/mol. The number of anilines is 2. The van der Waals surface area contributed by atoms with Crippen LogP contribution in [0.2, 0.25) is 0 Å². The van der Waals surface area contributed by atoms with Gasteiger partial charge in [0.15, 0.2) is 11.6 Å². The number of alkyl carbamates (subject to hydrolysis) is 1. The molecule has 31 heavy (non-hydrogen) atoms. The highest BCUT2D eigenvalue weighted by Gasteiger charge is 2.18. The molecule has 7 nitrogen and oxygen atoms in total. The van der Waals surface area contributed by atoms with Crippen molar-refractivity contribution in [2.24, 2.45) is 0 Å². The van der Waals surface area contributed by atoms with Crippen LogP contribution in [0.1, 0.15) is 44.9 Å².